The van der Waals surface area contributed by atoms with Crippen LogP contribution in [-0.4, -0.2) is 26.1 Å². The van der Waals surface area contributed by atoms with Gasteiger partial charge in [0.25, 0.3) is 5.91 Å². The van der Waals surface area contributed by atoms with Crippen molar-refractivity contribution in [2.45, 2.75) is 6.61 Å². The number of hydrogen-bond donors (Lipinski definition) is 1. The van der Waals surface area contributed by atoms with Crippen molar-refractivity contribution in [1.29, 1.82) is 5.26 Å². The summed E-state index contributed by atoms with van der Waals surface area (Å²) >= 11 is 12.0. The van der Waals surface area contributed by atoms with Gasteiger partial charge in [0.05, 0.1) is 29.8 Å². The number of carbonyl (C=O) groups excluding carboxylic acids is 2. The highest BCUT2D eigenvalue weighted by Gasteiger charge is 2.12. The van der Waals surface area contributed by atoms with Gasteiger partial charge >= 0.3 is 5.97 Å². The minimum absolute atomic E-state index is 0.117. The summed E-state index contributed by atoms with van der Waals surface area (Å²) in [6.45, 7) is 0.239. The summed E-state index contributed by atoms with van der Waals surface area (Å²) in [4.78, 5) is 24.1. The highest BCUT2D eigenvalue weighted by Crippen LogP contribution is 2.30. The maximum Gasteiger partial charge on any atom is 0.337 e. The largest absolute Gasteiger partial charge is 0.493 e. The number of benzene rings is 3. The molecule has 35 heavy (non-hydrogen) atoms. The molecule has 0 unspecified atom stereocenters. The Morgan fingerprint density at radius 1 is 0.971 bits per heavy atom. The molecule has 1 amide bonds. The second-order valence-electron chi connectivity index (χ2n) is 7.14. The number of methoxy groups -OCH3 is 2. The number of anilines is 1. The highest BCUT2D eigenvalue weighted by molar-refractivity contribution is 6.42. The molecule has 0 aromatic heterocycles. The van der Waals surface area contributed by atoms with E-state index in [0.717, 1.165) is 5.56 Å². The monoisotopic (exact) mass is 510 g/mol. The maximum absolute atomic E-state index is 12.6. The quantitative estimate of drug-likeness (QED) is 0.229. The smallest absolute Gasteiger partial charge is 0.337 e. The van der Waals surface area contributed by atoms with E-state index in [1.54, 1.807) is 48.5 Å². The number of hydrogen-bond acceptors (Lipinski definition) is 6. The molecule has 0 spiro atoms. The minimum Gasteiger partial charge on any atom is -0.493 e. The first-order valence-corrected chi connectivity index (χ1v) is 11.0. The number of nitrogens with zero attached hydrogens (tertiary/aromatic N) is 1. The van der Waals surface area contributed by atoms with E-state index in [0.29, 0.717) is 38.4 Å². The van der Waals surface area contributed by atoms with Crippen molar-refractivity contribution in [3.05, 3.63) is 93.0 Å². The average Bonchev–Trinajstić information content (AvgIpc) is 2.88. The molecule has 0 radical (unpaired) electrons. The third-order valence-electron chi connectivity index (χ3n) is 4.81. The standard InChI is InChI=1S/C26H20Cl2N2O5/c1-33-24-13-16(4-10-23(24)35-15-17-3-9-21(27)22(28)12-17)11-19(14-29)25(31)30-20-7-5-18(6-8-20)26(32)34-2/h3-13H,15H2,1-2H3,(H,30,31)/b19-11+. The molecule has 0 saturated carbocycles. The van der Waals surface area contributed by atoms with Gasteiger partial charge < -0.3 is 19.5 Å². The minimum atomic E-state index is -0.600. The molecule has 0 aliphatic rings. The number of rotatable bonds is 8. The maximum atomic E-state index is 12.6. The van der Waals surface area contributed by atoms with Gasteiger partial charge in [0.15, 0.2) is 11.5 Å². The Balaban J connectivity index is 1.72. The fourth-order valence-electron chi connectivity index (χ4n) is 3.00. The molecule has 178 valence electrons. The Hall–Kier alpha value is -3.99. The number of carbonyl (C=O) groups is 2. The second kappa shape index (κ2) is 11.9. The van der Waals surface area contributed by atoms with Gasteiger partial charge in [-0.15, -0.1) is 0 Å². The number of halogens is 2. The van der Waals surface area contributed by atoms with Crippen molar-refractivity contribution >= 4 is 46.8 Å². The topological polar surface area (TPSA) is 97.7 Å². The molecule has 0 bridgehead atoms. The van der Waals surface area contributed by atoms with E-state index in [-0.39, 0.29) is 12.2 Å². The lowest BCUT2D eigenvalue weighted by atomic mass is 10.1. The molecule has 0 aliphatic heterocycles. The van der Waals surface area contributed by atoms with E-state index < -0.39 is 11.9 Å². The average molecular weight is 511 g/mol. The Morgan fingerprint density at radius 2 is 1.71 bits per heavy atom. The first-order chi connectivity index (χ1) is 16.8. The number of nitrogens with one attached hydrogen (secondary N) is 1. The lowest BCUT2D eigenvalue weighted by molar-refractivity contribution is -0.112. The summed E-state index contributed by atoms with van der Waals surface area (Å²) in [6.07, 6.45) is 1.43. The van der Waals surface area contributed by atoms with Crippen LogP contribution in [0.4, 0.5) is 5.69 Å². The first-order valence-electron chi connectivity index (χ1n) is 10.2. The fourth-order valence-corrected chi connectivity index (χ4v) is 3.33. The lowest BCUT2D eigenvalue weighted by Crippen LogP contribution is -2.13. The van der Waals surface area contributed by atoms with Crippen LogP contribution in [0.2, 0.25) is 10.0 Å². The zero-order valence-corrected chi connectivity index (χ0v) is 20.3. The van der Waals surface area contributed by atoms with Crippen molar-refractivity contribution in [2.75, 3.05) is 19.5 Å². The van der Waals surface area contributed by atoms with Gasteiger partial charge in [-0.2, -0.15) is 5.26 Å². The van der Waals surface area contributed by atoms with Crippen LogP contribution in [0.3, 0.4) is 0 Å². The van der Waals surface area contributed by atoms with Crippen LogP contribution in [-0.2, 0) is 16.1 Å². The SMILES string of the molecule is COC(=O)c1ccc(NC(=O)/C(C#N)=C/c2ccc(OCc3ccc(Cl)c(Cl)c3)c(OC)c2)cc1. The van der Waals surface area contributed by atoms with Gasteiger partial charge in [-0.05, 0) is 65.7 Å². The predicted molar refractivity (Wildman–Crippen MR) is 134 cm³/mol. The van der Waals surface area contributed by atoms with Gasteiger partial charge in [0.1, 0.15) is 18.2 Å². The number of amides is 1. The molecular formula is C26H20Cl2N2O5. The van der Waals surface area contributed by atoms with Crippen LogP contribution >= 0.6 is 23.2 Å². The van der Waals surface area contributed by atoms with Crippen LogP contribution in [0, 0.1) is 11.3 Å². The van der Waals surface area contributed by atoms with E-state index in [9.17, 15) is 14.9 Å². The molecule has 0 atom stereocenters. The Labute approximate surface area is 212 Å². The molecule has 3 rings (SSSR count). The Morgan fingerprint density at radius 3 is 2.34 bits per heavy atom. The van der Waals surface area contributed by atoms with Gasteiger partial charge in [-0.25, -0.2) is 4.79 Å². The second-order valence-corrected chi connectivity index (χ2v) is 7.95. The van der Waals surface area contributed by atoms with Crippen molar-refractivity contribution in [3.8, 4) is 17.6 Å². The third kappa shape index (κ3) is 6.76. The zero-order valence-electron chi connectivity index (χ0n) is 18.8. The summed E-state index contributed by atoms with van der Waals surface area (Å²) < 4.78 is 15.9. The van der Waals surface area contributed by atoms with Crippen LogP contribution in [0.25, 0.3) is 6.08 Å². The molecule has 7 nitrogen and oxygen atoms in total. The number of nitriles is 1. The molecule has 3 aromatic carbocycles. The van der Waals surface area contributed by atoms with Crippen LogP contribution in [0.15, 0.2) is 66.2 Å². The molecular weight excluding hydrogens is 491 g/mol. The van der Waals surface area contributed by atoms with Crippen LogP contribution < -0.4 is 14.8 Å². The molecule has 0 fully saturated rings. The summed E-state index contributed by atoms with van der Waals surface area (Å²) in [5, 5.41) is 13.0. The number of ether oxygens (including phenoxy) is 3. The summed E-state index contributed by atoms with van der Waals surface area (Å²) in [7, 11) is 2.77. The third-order valence-corrected chi connectivity index (χ3v) is 5.55. The molecule has 0 heterocycles. The molecule has 3 aromatic rings. The van der Waals surface area contributed by atoms with E-state index in [2.05, 4.69) is 10.1 Å². The highest BCUT2D eigenvalue weighted by atomic mass is 35.5. The van der Waals surface area contributed by atoms with Crippen molar-refractivity contribution < 1.29 is 23.8 Å². The molecule has 1 N–H and O–H groups in total. The zero-order chi connectivity index (χ0) is 25.4. The van der Waals surface area contributed by atoms with Gasteiger partial charge in [-0.1, -0.05) is 35.3 Å². The van der Waals surface area contributed by atoms with Crippen molar-refractivity contribution in [2.24, 2.45) is 0 Å². The van der Waals surface area contributed by atoms with E-state index in [1.165, 1.54) is 32.4 Å². The summed E-state index contributed by atoms with van der Waals surface area (Å²) in [5.74, 6) is -0.185. The predicted octanol–water partition coefficient (Wildman–Crippen LogP) is 5.91. The Kier molecular flexibility index (Phi) is 8.74. The van der Waals surface area contributed by atoms with Gasteiger partial charge in [-0.3, -0.25) is 4.79 Å². The van der Waals surface area contributed by atoms with Gasteiger partial charge in [0, 0.05) is 5.69 Å². The Bertz CT molecular complexity index is 1310. The van der Waals surface area contributed by atoms with Crippen LogP contribution in [0.1, 0.15) is 21.5 Å². The summed E-state index contributed by atoms with van der Waals surface area (Å²) in [6, 6.07) is 18.3. The van der Waals surface area contributed by atoms with E-state index in [4.69, 9.17) is 32.7 Å². The van der Waals surface area contributed by atoms with Crippen molar-refractivity contribution in [1.82, 2.24) is 0 Å². The normalized spacial score (nSPS) is 10.8. The van der Waals surface area contributed by atoms with E-state index >= 15 is 0 Å². The van der Waals surface area contributed by atoms with Crippen LogP contribution in [0.5, 0.6) is 11.5 Å². The summed E-state index contributed by atoms with van der Waals surface area (Å²) in [5.41, 5.74) is 2.04. The lowest BCUT2D eigenvalue weighted by Gasteiger charge is -2.12. The molecule has 0 saturated heterocycles. The fraction of sp³-hybridized carbons (Fsp3) is 0.115. The molecule has 9 heteroatoms. The van der Waals surface area contributed by atoms with E-state index in [1.807, 2.05) is 6.07 Å². The first kappa shape index (κ1) is 25.6. The van der Waals surface area contributed by atoms with Crippen molar-refractivity contribution in [3.63, 3.8) is 0 Å². The molecule has 0 aliphatic carbocycles. The number of esters is 1. The van der Waals surface area contributed by atoms with Gasteiger partial charge in [0.2, 0.25) is 0 Å².